The lowest BCUT2D eigenvalue weighted by Gasteiger charge is -2.27. The molecule has 1 unspecified atom stereocenters. The number of carbonyl (C=O) groups excluding carboxylic acids is 2. The second kappa shape index (κ2) is 5.82. The molecule has 9 heteroatoms. The van der Waals surface area contributed by atoms with Gasteiger partial charge in [0, 0.05) is 5.57 Å². The van der Waals surface area contributed by atoms with E-state index >= 15 is 0 Å². The summed E-state index contributed by atoms with van der Waals surface area (Å²) in [4.78, 5) is 35.9. The lowest BCUT2D eigenvalue weighted by atomic mass is 9.89. The number of Topliss-reactive ketones (excluding diaryl/α,β-unsaturated/α-hetero) is 1. The van der Waals surface area contributed by atoms with Gasteiger partial charge in [-0.15, -0.1) is 5.10 Å². The number of carboxylic acids is 1. The second-order valence-electron chi connectivity index (χ2n) is 5.26. The number of aliphatic carboxylic acids is 1. The van der Waals surface area contributed by atoms with Crippen LogP contribution in [0, 0.1) is 17.6 Å². The van der Waals surface area contributed by atoms with E-state index in [4.69, 9.17) is 5.11 Å². The highest BCUT2D eigenvalue weighted by Crippen LogP contribution is 2.39. The largest absolute Gasteiger partial charge is 0.476 e. The quantitative estimate of drug-likeness (QED) is 0.840. The summed E-state index contributed by atoms with van der Waals surface area (Å²) in [5.41, 5.74) is 0.498. The zero-order valence-electron chi connectivity index (χ0n) is 12.2. The standard InChI is InChI=1S/C15H10F2N2O4S/c1-6-11(20)8(4-7-2-3-9(16)10(17)5-7)13(21)19-14(6)24-12(18-19)15(22)23/h2-3,5,8H,4H2,1H3,(H,22,23). The number of rotatable bonds is 3. The van der Waals surface area contributed by atoms with Crippen LogP contribution in [0.5, 0.6) is 0 Å². The third kappa shape index (κ3) is 2.60. The average molecular weight is 352 g/mol. The van der Waals surface area contributed by atoms with Gasteiger partial charge in [0.15, 0.2) is 17.4 Å². The summed E-state index contributed by atoms with van der Waals surface area (Å²) < 4.78 is 26.3. The number of allylic oxidation sites excluding steroid dienone is 1. The molecular formula is C15H10F2N2O4S. The molecule has 0 aliphatic carbocycles. The first kappa shape index (κ1) is 16.3. The van der Waals surface area contributed by atoms with Crippen molar-refractivity contribution in [3.8, 4) is 0 Å². The number of carboxylic acid groups (broad SMARTS) is 1. The van der Waals surface area contributed by atoms with Crippen molar-refractivity contribution >= 4 is 34.5 Å². The van der Waals surface area contributed by atoms with Crippen molar-refractivity contribution in [2.45, 2.75) is 13.3 Å². The second-order valence-corrected chi connectivity index (χ2v) is 6.24. The maximum atomic E-state index is 13.3. The Morgan fingerprint density at radius 2 is 2.04 bits per heavy atom. The van der Waals surface area contributed by atoms with Gasteiger partial charge in [-0.1, -0.05) is 6.07 Å². The fourth-order valence-corrected chi connectivity index (χ4v) is 3.34. The van der Waals surface area contributed by atoms with Crippen LogP contribution in [0.1, 0.15) is 12.5 Å². The SMILES string of the molecule is CC1=C2SC(C(=O)O)=NN2C(=O)C(Cc2ccc(F)c(F)c2)C1=O. The minimum Gasteiger partial charge on any atom is -0.476 e. The molecule has 1 N–H and O–H groups in total. The van der Waals surface area contributed by atoms with Crippen LogP contribution in [0.3, 0.4) is 0 Å². The van der Waals surface area contributed by atoms with E-state index in [9.17, 15) is 23.2 Å². The number of benzene rings is 1. The molecule has 0 saturated heterocycles. The predicted molar refractivity (Wildman–Crippen MR) is 80.8 cm³/mol. The Hall–Kier alpha value is -2.55. The zero-order chi connectivity index (χ0) is 17.6. The molecule has 0 fully saturated rings. The maximum absolute atomic E-state index is 13.3. The zero-order valence-corrected chi connectivity index (χ0v) is 13.1. The van der Waals surface area contributed by atoms with Gasteiger partial charge in [0.1, 0.15) is 10.9 Å². The normalized spacial score (nSPS) is 20.4. The molecule has 2 aliphatic heterocycles. The number of hydrazone groups is 1. The van der Waals surface area contributed by atoms with Gasteiger partial charge >= 0.3 is 5.97 Å². The highest BCUT2D eigenvalue weighted by atomic mass is 32.2. The maximum Gasteiger partial charge on any atom is 0.363 e. The van der Waals surface area contributed by atoms with Crippen molar-refractivity contribution in [1.82, 2.24) is 5.01 Å². The molecule has 1 aromatic rings. The number of ketones is 1. The Kier molecular flexibility index (Phi) is 3.96. The van der Waals surface area contributed by atoms with Gasteiger partial charge in [-0.2, -0.15) is 5.01 Å². The molecule has 124 valence electrons. The fraction of sp³-hybridized carbons (Fsp3) is 0.200. The van der Waals surface area contributed by atoms with Crippen molar-refractivity contribution in [1.29, 1.82) is 0 Å². The highest BCUT2D eigenvalue weighted by Gasteiger charge is 2.44. The van der Waals surface area contributed by atoms with Gasteiger partial charge in [0.25, 0.3) is 5.91 Å². The summed E-state index contributed by atoms with van der Waals surface area (Å²) in [7, 11) is 0. The van der Waals surface area contributed by atoms with Crippen LogP contribution in [0.15, 0.2) is 33.9 Å². The number of amides is 1. The number of thioether (sulfide) groups is 1. The van der Waals surface area contributed by atoms with Gasteiger partial charge in [0.2, 0.25) is 5.04 Å². The van der Waals surface area contributed by atoms with E-state index < -0.39 is 35.2 Å². The number of hydrogen-bond donors (Lipinski definition) is 1. The summed E-state index contributed by atoms with van der Waals surface area (Å²) in [6.07, 6.45) is -0.126. The van der Waals surface area contributed by atoms with Crippen molar-refractivity contribution in [2.24, 2.45) is 11.0 Å². The van der Waals surface area contributed by atoms with Crippen LogP contribution in [0.2, 0.25) is 0 Å². The van der Waals surface area contributed by atoms with Gasteiger partial charge < -0.3 is 5.11 Å². The molecule has 3 rings (SSSR count). The van der Waals surface area contributed by atoms with E-state index in [1.165, 1.54) is 13.0 Å². The molecular weight excluding hydrogens is 342 g/mol. The van der Waals surface area contributed by atoms with Crippen LogP contribution >= 0.6 is 11.8 Å². The molecule has 2 aliphatic rings. The Labute approximate surface area is 138 Å². The van der Waals surface area contributed by atoms with Gasteiger partial charge in [-0.05, 0) is 42.8 Å². The first-order valence-corrected chi connectivity index (χ1v) is 7.64. The van der Waals surface area contributed by atoms with E-state index in [1.54, 1.807) is 0 Å². The van der Waals surface area contributed by atoms with Gasteiger partial charge in [-0.3, -0.25) is 9.59 Å². The number of carbonyl (C=O) groups is 3. The third-order valence-corrected chi connectivity index (χ3v) is 4.82. The van der Waals surface area contributed by atoms with E-state index in [0.717, 1.165) is 28.9 Å². The molecule has 24 heavy (non-hydrogen) atoms. The topological polar surface area (TPSA) is 87.0 Å². The van der Waals surface area contributed by atoms with Crippen LogP contribution in [-0.2, 0) is 20.8 Å². The van der Waals surface area contributed by atoms with Gasteiger partial charge in [0.05, 0.1) is 0 Å². The molecule has 1 amide bonds. The van der Waals surface area contributed by atoms with E-state index in [2.05, 4.69) is 5.10 Å². The molecule has 1 atom stereocenters. The Bertz CT molecular complexity index is 850. The highest BCUT2D eigenvalue weighted by molar-refractivity contribution is 8.19. The Morgan fingerprint density at radius 1 is 1.33 bits per heavy atom. The molecule has 0 bridgehead atoms. The average Bonchev–Trinajstić information content (AvgIpc) is 2.99. The molecule has 2 heterocycles. The van der Waals surface area contributed by atoms with Gasteiger partial charge in [-0.25, -0.2) is 13.6 Å². The van der Waals surface area contributed by atoms with E-state index in [1.807, 2.05) is 0 Å². The number of fused-ring (bicyclic) bond motifs is 1. The molecule has 0 aromatic heterocycles. The first-order chi connectivity index (χ1) is 11.3. The number of hydrogen-bond acceptors (Lipinski definition) is 5. The van der Waals surface area contributed by atoms with Crippen LogP contribution in [0.25, 0.3) is 0 Å². The Balaban J connectivity index is 1.93. The third-order valence-electron chi connectivity index (χ3n) is 3.70. The summed E-state index contributed by atoms with van der Waals surface area (Å²) in [6, 6.07) is 3.14. The molecule has 6 nitrogen and oxygen atoms in total. The molecule has 1 aromatic carbocycles. The van der Waals surface area contributed by atoms with E-state index in [0.29, 0.717) is 0 Å². The lowest BCUT2D eigenvalue weighted by molar-refractivity contribution is -0.139. The van der Waals surface area contributed by atoms with Crippen molar-refractivity contribution in [3.05, 3.63) is 46.0 Å². The monoisotopic (exact) mass is 352 g/mol. The smallest absolute Gasteiger partial charge is 0.363 e. The van der Waals surface area contributed by atoms with Crippen molar-refractivity contribution < 1.29 is 28.3 Å². The first-order valence-electron chi connectivity index (χ1n) is 6.82. The van der Waals surface area contributed by atoms with Crippen LogP contribution in [0.4, 0.5) is 8.78 Å². The van der Waals surface area contributed by atoms with Crippen molar-refractivity contribution in [2.75, 3.05) is 0 Å². The van der Waals surface area contributed by atoms with E-state index in [-0.39, 0.29) is 27.6 Å². The van der Waals surface area contributed by atoms with Crippen LogP contribution in [-0.4, -0.2) is 32.8 Å². The van der Waals surface area contributed by atoms with Crippen molar-refractivity contribution in [3.63, 3.8) is 0 Å². The lowest BCUT2D eigenvalue weighted by Crippen LogP contribution is -2.41. The minimum atomic E-state index is -1.30. The number of nitrogens with zero attached hydrogens (tertiary/aromatic N) is 2. The number of halogens is 2. The summed E-state index contributed by atoms with van der Waals surface area (Å²) >= 11 is 0.736. The van der Waals surface area contributed by atoms with Crippen LogP contribution < -0.4 is 0 Å². The summed E-state index contributed by atoms with van der Waals surface area (Å²) in [6.45, 7) is 1.47. The Morgan fingerprint density at radius 3 is 2.67 bits per heavy atom. The molecule has 0 spiro atoms. The minimum absolute atomic E-state index is 0.126. The predicted octanol–water partition coefficient (Wildman–Crippen LogP) is 1.91. The molecule has 0 saturated carbocycles. The fourth-order valence-electron chi connectivity index (χ4n) is 2.47. The summed E-state index contributed by atoms with van der Waals surface area (Å²) in [5, 5.41) is 13.5. The molecule has 0 radical (unpaired) electrons. The summed E-state index contributed by atoms with van der Waals surface area (Å²) in [5.74, 6) is -5.72.